The smallest absolute Gasteiger partial charge is 0.321 e. The summed E-state index contributed by atoms with van der Waals surface area (Å²) in [7, 11) is 0. The third-order valence-electron chi connectivity index (χ3n) is 3.29. The van der Waals surface area contributed by atoms with Crippen LogP contribution in [0.25, 0.3) is 0 Å². The van der Waals surface area contributed by atoms with Gasteiger partial charge in [-0.1, -0.05) is 41.3 Å². The Morgan fingerprint density at radius 2 is 2.08 bits per heavy atom. The van der Waals surface area contributed by atoms with E-state index in [4.69, 9.17) is 0 Å². The van der Waals surface area contributed by atoms with Crippen LogP contribution >= 0.6 is 23.1 Å². The number of benzene rings is 1. The quantitative estimate of drug-likeness (QED) is 0.683. The average Bonchev–Trinajstić information content (AvgIpc) is 3.24. The van der Waals surface area contributed by atoms with Crippen LogP contribution in [0.5, 0.6) is 0 Å². The maximum atomic E-state index is 11.7. The average molecular weight is 363 g/mol. The highest BCUT2D eigenvalue weighted by Crippen LogP contribution is 2.28. The van der Waals surface area contributed by atoms with Crippen LogP contribution in [0.3, 0.4) is 0 Å². The van der Waals surface area contributed by atoms with Crippen molar-refractivity contribution in [1.29, 1.82) is 0 Å². The molecule has 3 amide bonds. The first-order valence-electron chi connectivity index (χ1n) is 7.49. The molecule has 24 heavy (non-hydrogen) atoms. The molecule has 9 heteroatoms. The number of hydrogen-bond donors (Lipinski definition) is 3. The molecule has 1 aliphatic carbocycles. The van der Waals surface area contributed by atoms with E-state index in [1.807, 2.05) is 31.2 Å². The van der Waals surface area contributed by atoms with Gasteiger partial charge >= 0.3 is 6.03 Å². The van der Waals surface area contributed by atoms with E-state index < -0.39 is 6.03 Å². The summed E-state index contributed by atoms with van der Waals surface area (Å²) in [6.45, 7) is 2.01. The Labute approximate surface area is 147 Å². The summed E-state index contributed by atoms with van der Waals surface area (Å²) >= 11 is 2.62. The van der Waals surface area contributed by atoms with Gasteiger partial charge < -0.3 is 10.6 Å². The standard InChI is InChI=1S/C15H17N5O2S2/c1-9-4-2-3-5-11(9)17-14-19-20-15(24-14)23-8-12(21)18-13(22)16-10-6-7-10/h2-5,10H,6-8H2,1H3,(H,17,19)(H2,16,18,21,22). The van der Waals surface area contributed by atoms with Crippen molar-refractivity contribution in [3.63, 3.8) is 0 Å². The van der Waals surface area contributed by atoms with E-state index in [1.165, 1.54) is 23.1 Å². The Bertz CT molecular complexity index is 745. The Morgan fingerprint density at radius 3 is 2.83 bits per heavy atom. The van der Waals surface area contributed by atoms with Crippen molar-refractivity contribution in [2.24, 2.45) is 0 Å². The summed E-state index contributed by atoms with van der Waals surface area (Å²) in [5, 5.41) is 17.0. The zero-order chi connectivity index (χ0) is 16.9. The molecule has 0 bridgehead atoms. The van der Waals surface area contributed by atoms with Crippen LogP contribution in [0.15, 0.2) is 28.6 Å². The molecule has 0 atom stereocenters. The topological polar surface area (TPSA) is 96.0 Å². The monoisotopic (exact) mass is 363 g/mol. The normalized spacial score (nSPS) is 13.4. The molecule has 0 spiro atoms. The van der Waals surface area contributed by atoms with E-state index in [2.05, 4.69) is 26.1 Å². The SMILES string of the molecule is Cc1ccccc1Nc1nnc(SCC(=O)NC(=O)NC2CC2)s1. The molecule has 0 aliphatic heterocycles. The predicted molar refractivity (Wildman–Crippen MR) is 94.8 cm³/mol. The molecule has 0 unspecified atom stereocenters. The summed E-state index contributed by atoms with van der Waals surface area (Å²) in [6.07, 6.45) is 1.97. The summed E-state index contributed by atoms with van der Waals surface area (Å²) < 4.78 is 0.670. The Hall–Kier alpha value is -2.13. The molecule has 3 rings (SSSR count). The Balaban J connectivity index is 1.46. The lowest BCUT2D eigenvalue weighted by Gasteiger charge is -2.04. The number of rotatable bonds is 6. The van der Waals surface area contributed by atoms with Gasteiger partial charge in [0.05, 0.1) is 5.75 Å². The number of thioether (sulfide) groups is 1. The number of nitrogens with zero attached hydrogens (tertiary/aromatic N) is 2. The van der Waals surface area contributed by atoms with Crippen LogP contribution in [0.2, 0.25) is 0 Å². The third-order valence-corrected chi connectivity index (χ3v) is 5.26. The Kier molecular flexibility index (Phi) is 5.31. The van der Waals surface area contributed by atoms with Crippen molar-refractivity contribution in [2.75, 3.05) is 11.1 Å². The van der Waals surface area contributed by atoms with Crippen molar-refractivity contribution in [3.8, 4) is 0 Å². The van der Waals surface area contributed by atoms with Gasteiger partial charge in [-0.25, -0.2) is 4.79 Å². The maximum absolute atomic E-state index is 11.7. The van der Waals surface area contributed by atoms with Gasteiger partial charge in [-0.05, 0) is 31.4 Å². The largest absolute Gasteiger partial charge is 0.335 e. The molecule has 126 valence electrons. The number of para-hydroxylation sites is 1. The van der Waals surface area contributed by atoms with E-state index in [0.29, 0.717) is 9.47 Å². The number of aryl methyl sites for hydroxylation is 1. The van der Waals surface area contributed by atoms with Crippen molar-refractivity contribution in [2.45, 2.75) is 30.1 Å². The number of anilines is 2. The van der Waals surface area contributed by atoms with E-state index >= 15 is 0 Å². The second kappa shape index (κ2) is 7.63. The fourth-order valence-electron chi connectivity index (χ4n) is 1.89. The van der Waals surface area contributed by atoms with Crippen LogP contribution in [0, 0.1) is 6.92 Å². The molecule has 0 radical (unpaired) electrons. The van der Waals surface area contributed by atoms with E-state index in [1.54, 1.807) is 0 Å². The molecule has 1 fully saturated rings. The second-order valence-electron chi connectivity index (χ2n) is 5.40. The number of nitrogens with one attached hydrogen (secondary N) is 3. The van der Waals surface area contributed by atoms with Gasteiger partial charge in [-0.3, -0.25) is 10.1 Å². The number of carbonyl (C=O) groups is 2. The van der Waals surface area contributed by atoms with Crippen molar-refractivity contribution >= 4 is 45.9 Å². The fraction of sp³-hybridized carbons (Fsp3) is 0.333. The summed E-state index contributed by atoms with van der Waals surface area (Å²) in [4.78, 5) is 23.2. The molecular formula is C15H17N5O2S2. The van der Waals surface area contributed by atoms with Gasteiger partial charge in [0, 0.05) is 11.7 Å². The number of amides is 3. The van der Waals surface area contributed by atoms with Gasteiger partial charge in [0.15, 0.2) is 4.34 Å². The van der Waals surface area contributed by atoms with E-state index in [9.17, 15) is 9.59 Å². The highest BCUT2D eigenvalue weighted by atomic mass is 32.2. The first-order valence-corrected chi connectivity index (χ1v) is 9.29. The fourth-order valence-corrected chi connectivity index (χ4v) is 3.45. The van der Waals surface area contributed by atoms with E-state index in [0.717, 1.165) is 24.1 Å². The lowest BCUT2D eigenvalue weighted by atomic mass is 10.2. The molecule has 7 nitrogen and oxygen atoms in total. The minimum atomic E-state index is -0.428. The molecule has 2 aromatic rings. The maximum Gasteiger partial charge on any atom is 0.321 e. The molecule has 1 aromatic heterocycles. The minimum absolute atomic E-state index is 0.122. The zero-order valence-corrected chi connectivity index (χ0v) is 14.7. The van der Waals surface area contributed by atoms with Crippen LogP contribution in [-0.4, -0.2) is 33.9 Å². The first-order chi connectivity index (χ1) is 11.6. The molecule has 1 aromatic carbocycles. The predicted octanol–water partition coefficient (Wildman–Crippen LogP) is 2.67. The molecule has 1 aliphatic rings. The number of hydrogen-bond acceptors (Lipinski definition) is 7. The van der Waals surface area contributed by atoms with E-state index in [-0.39, 0.29) is 17.7 Å². The lowest BCUT2D eigenvalue weighted by molar-refractivity contribution is -0.117. The van der Waals surface area contributed by atoms with Crippen molar-refractivity contribution in [3.05, 3.63) is 29.8 Å². The minimum Gasteiger partial charge on any atom is -0.335 e. The van der Waals surface area contributed by atoms with Gasteiger partial charge in [0.25, 0.3) is 0 Å². The number of aromatic nitrogens is 2. The molecule has 1 heterocycles. The third kappa shape index (κ3) is 4.93. The van der Waals surface area contributed by atoms with Gasteiger partial charge in [-0.2, -0.15) is 0 Å². The summed E-state index contributed by atoms with van der Waals surface area (Å²) in [5.41, 5.74) is 2.09. The van der Waals surface area contributed by atoms with Gasteiger partial charge in [0.2, 0.25) is 11.0 Å². The van der Waals surface area contributed by atoms with Gasteiger partial charge in [0.1, 0.15) is 0 Å². The highest BCUT2D eigenvalue weighted by molar-refractivity contribution is 8.01. The van der Waals surface area contributed by atoms with Gasteiger partial charge in [-0.15, -0.1) is 10.2 Å². The number of carbonyl (C=O) groups excluding carboxylic acids is 2. The highest BCUT2D eigenvalue weighted by Gasteiger charge is 2.23. The number of urea groups is 1. The molecule has 0 saturated heterocycles. The lowest BCUT2D eigenvalue weighted by Crippen LogP contribution is -2.41. The zero-order valence-electron chi connectivity index (χ0n) is 13.0. The van der Waals surface area contributed by atoms with Crippen LogP contribution in [0.1, 0.15) is 18.4 Å². The van der Waals surface area contributed by atoms with Crippen LogP contribution in [-0.2, 0) is 4.79 Å². The number of imide groups is 1. The summed E-state index contributed by atoms with van der Waals surface area (Å²) in [6, 6.07) is 7.69. The summed E-state index contributed by atoms with van der Waals surface area (Å²) in [5.74, 6) is -0.223. The molecule has 1 saturated carbocycles. The molecular weight excluding hydrogens is 346 g/mol. The second-order valence-corrected chi connectivity index (χ2v) is 7.60. The Morgan fingerprint density at radius 1 is 1.29 bits per heavy atom. The van der Waals surface area contributed by atoms with Crippen molar-refractivity contribution in [1.82, 2.24) is 20.8 Å². The molecule has 3 N–H and O–H groups in total. The van der Waals surface area contributed by atoms with Crippen molar-refractivity contribution < 1.29 is 9.59 Å². The van der Waals surface area contributed by atoms with Crippen LogP contribution < -0.4 is 16.0 Å². The van der Waals surface area contributed by atoms with Crippen LogP contribution in [0.4, 0.5) is 15.6 Å². The first kappa shape index (κ1) is 16.7.